The molecule has 1 amide bonds. The molecule has 138 valence electrons. The second kappa shape index (κ2) is 8.78. The summed E-state index contributed by atoms with van der Waals surface area (Å²) in [6, 6.07) is 15.7. The standard InChI is InChI=1S/C20H24N2O3S/c1-4-22(26(24,25)15-14-18-8-6-5-7-9-18)17(3)20(23)21-19-12-10-16(2)11-13-19/h5-15,17H,4H2,1-3H3,(H,21,23)/b15-14+/t17-/m0/s1. The first-order valence-corrected chi connectivity index (χ1v) is 9.96. The molecule has 2 aromatic rings. The van der Waals surface area contributed by atoms with Crippen molar-refractivity contribution < 1.29 is 13.2 Å². The van der Waals surface area contributed by atoms with E-state index in [9.17, 15) is 13.2 Å². The molecule has 0 fully saturated rings. The predicted octanol–water partition coefficient (Wildman–Crippen LogP) is 3.64. The van der Waals surface area contributed by atoms with Gasteiger partial charge in [0.05, 0.1) is 0 Å². The number of carbonyl (C=O) groups is 1. The lowest BCUT2D eigenvalue weighted by molar-refractivity contribution is -0.119. The van der Waals surface area contributed by atoms with Crippen molar-refractivity contribution in [1.29, 1.82) is 0 Å². The maximum atomic E-state index is 12.6. The maximum Gasteiger partial charge on any atom is 0.242 e. The minimum Gasteiger partial charge on any atom is -0.325 e. The van der Waals surface area contributed by atoms with E-state index in [1.54, 1.807) is 26.0 Å². The Morgan fingerprint density at radius 2 is 1.73 bits per heavy atom. The number of nitrogens with one attached hydrogen (secondary N) is 1. The van der Waals surface area contributed by atoms with Crippen LogP contribution in [0.15, 0.2) is 60.0 Å². The van der Waals surface area contributed by atoms with Gasteiger partial charge in [0.15, 0.2) is 0 Å². The zero-order chi connectivity index (χ0) is 19.2. The average molecular weight is 372 g/mol. The molecule has 0 saturated carbocycles. The summed E-state index contributed by atoms with van der Waals surface area (Å²) in [4.78, 5) is 12.5. The highest BCUT2D eigenvalue weighted by molar-refractivity contribution is 7.92. The maximum absolute atomic E-state index is 12.6. The molecular formula is C20H24N2O3S. The molecule has 0 radical (unpaired) electrons. The van der Waals surface area contributed by atoms with Gasteiger partial charge in [-0.25, -0.2) is 8.42 Å². The molecule has 2 rings (SSSR count). The van der Waals surface area contributed by atoms with Crippen molar-refractivity contribution >= 4 is 27.7 Å². The van der Waals surface area contributed by atoms with Gasteiger partial charge in [-0.15, -0.1) is 0 Å². The van der Waals surface area contributed by atoms with Crippen molar-refractivity contribution in [3.8, 4) is 0 Å². The largest absolute Gasteiger partial charge is 0.325 e. The molecule has 0 aromatic heterocycles. The molecule has 2 aromatic carbocycles. The number of hydrogen-bond acceptors (Lipinski definition) is 3. The summed E-state index contributed by atoms with van der Waals surface area (Å²) in [5.41, 5.74) is 2.50. The van der Waals surface area contributed by atoms with Gasteiger partial charge in [-0.3, -0.25) is 4.79 Å². The SMILES string of the molecule is CCN([C@@H](C)C(=O)Nc1ccc(C)cc1)S(=O)(=O)/C=C/c1ccccc1. The molecule has 0 saturated heterocycles. The minimum absolute atomic E-state index is 0.198. The Bertz CT molecular complexity index is 860. The van der Waals surface area contributed by atoms with E-state index >= 15 is 0 Å². The first-order chi connectivity index (χ1) is 12.3. The number of carbonyl (C=O) groups excluding carboxylic acids is 1. The van der Waals surface area contributed by atoms with Crippen LogP contribution in [0.5, 0.6) is 0 Å². The molecule has 0 aliphatic rings. The Morgan fingerprint density at radius 3 is 2.31 bits per heavy atom. The van der Waals surface area contributed by atoms with Gasteiger partial charge in [0.1, 0.15) is 6.04 Å². The average Bonchev–Trinajstić information content (AvgIpc) is 2.63. The Balaban J connectivity index is 2.13. The summed E-state index contributed by atoms with van der Waals surface area (Å²) in [6.45, 7) is 5.45. The highest BCUT2D eigenvalue weighted by Crippen LogP contribution is 2.14. The number of sulfonamides is 1. The fourth-order valence-electron chi connectivity index (χ4n) is 2.50. The van der Waals surface area contributed by atoms with E-state index in [4.69, 9.17) is 0 Å². The van der Waals surface area contributed by atoms with E-state index < -0.39 is 16.1 Å². The molecule has 1 N–H and O–H groups in total. The summed E-state index contributed by atoms with van der Waals surface area (Å²) >= 11 is 0. The van der Waals surface area contributed by atoms with Crippen LogP contribution >= 0.6 is 0 Å². The molecule has 0 bridgehead atoms. The Hall–Kier alpha value is -2.44. The molecule has 0 spiro atoms. The van der Waals surface area contributed by atoms with E-state index in [-0.39, 0.29) is 12.5 Å². The van der Waals surface area contributed by atoms with Crippen LogP contribution in [0.25, 0.3) is 6.08 Å². The second-order valence-electron chi connectivity index (χ2n) is 5.99. The van der Waals surface area contributed by atoms with E-state index in [1.165, 1.54) is 10.4 Å². The van der Waals surface area contributed by atoms with Crippen LogP contribution in [0.4, 0.5) is 5.69 Å². The quantitative estimate of drug-likeness (QED) is 0.807. The molecule has 6 heteroatoms. The minimum atomic E-state index is -3.72. The molecular weight excluding hydrogens is 348 g/mol. The Labute approximate surface area is 155 Å². The molecule has 0 aliphatic heterocycles. The zero-order valence-corrected chi connectivity index (χ0v) is 16.0. The lowest BCUT2D eigenvalue weighted by Crippen LogP contribution is -2.44. The topological polar surface area (TPSA) is 66.5 Å². The van der Waals surface area contributed by atoms with Crippen LogP contribution in [0.1, 0.15) is 25.0 Å². The predicted molar refractivity (Wildman–Crippen MR) is 106 cm³/mol. The normalized spacial score (nSPS) is 13.1. The van der Waals surface area contributed by atoms with Gasteiger partial charge in [-0.05, 0) is 37.6 Å². The fourth-order valence-corrected chi connectivity index (χ4v) is 3.88. The summed E-state index contributed by atoms with van der Waals surface area (Å²) in [5, 5.41) is 3.90. The van der Waals surface area contributed by atoms with E-state index in [0.29, 0.717) is 5.69 Å². The van der Waals surface area contributed by atoms with Crippen molar-refractivity contribution in [2.75, 3.05) is 11.9 Å². The molecule has 1 atom stereocenters. The number of anilines is 1. The van der Waals surface area contributed by atoms with Crippen LogP contribution in [-0.4, -0.2) is 31.2 Å². The second-order valence-corrected chi connectivity index (χ2v) is 7.76. The highest BCUT2D eigenvalue weighted by Gasteiger charge is 2.28. The molecule has 0 heterocycles. The third-order valence-electron chi connectivity index (χ3n) is 4.00. The third-order valence-corrected chi connectivity index (χ3v) is 5.71. The molecule has 26 heavy (non-hydrogen) atoms. The monoisotopic (exact) mass is 372 g/mol. The lowest BCUT2D eigenvalue weighted by Gasteiger charge is -2.25. The fraction of sp³-hybridized carbons (Fsp3) is 0.250. The molecule has 0 unspecified atom stereocenters. The van der Waals surface area contributed by atoms with Crippen molar-refractivity contribution in [1.82, 2.24) is 4.31 Å². The van der Waals surface area contributed by atoms with Gasteiger partial charge < -0.3 is 5.32 Å². The van der Waals surface area contributed by atoms with Crippen LogP contribution in [0.3, 0.4) is 0 Å². The van der Waals surface area contributed by atoms with Crippen LogP contribution in [0.2, 0.25) is 0 Å². The van der Waals surface area contributed by atoms with E-state index in [1.807, 2.05) is 49.4 Å². The Kier molecular flexibility index (Phi) is 6.71. The zero-order valence-electron chi connectivity index (χ0n) is 15.2. The number of likely N-dealkylation sites (N-methyl/N-ethyl adjacent to an activating group) is 1. The number of hydrogen-bond donors (Lipinski definition) is 1. The third kappa shape index (κ3) is 5.28. The van der Waals surface area contributed by atoms with Crippen LogP contribution in [0, 0.1) is 6.92 Å². The highest BCUT2D eigenvalue weighted by atomic mass is 32.2. The van der Waals surface area contributed by atoms with Gasteiger partial charge in [0.25, 0.3) is 0 Å². The number of nitrogens with zero attached hydrogens (tertiary/aromatic N) is 1. The number of amides is 1. The first kappa shape index (κ1) is 19.9. The number of aryl methyl sites for hydroxylation is 1. The van der Waals surface area contributed by atoms with E-state index in [0.717, 1.165) is 16.5 Å². The first-order valence-electron chi connectivity index (χ1n) is 8.46. The van der Waals surface area contributed by atoms with Gasteiger partial charge in [-0.2, -0.15) is 4.31 Å². The summed E-state index contributed by atoms with van der Waals surface area (Å²) < 4.78 is 26.5. The van der Waals surface area contributed by atoms with Crippen molar-refractivity contribution in [3.05, 3.63) is 71.1 Å². The summed E-state index contributed by atoms with van der Waals surface area (Å²) in [5.74, 6) is -0.368. The van der Waals surface area contributed by atoms with Crippen LogP contribution in [-0.2, 0) is 14.8 Å². The Morgan fingerprint density at radius 1 is 1.12 bits per heavy atom. The molecule has 5 nitrogen and oxygen atoms in total. The number of benzene rings is 2. The number of rotatable bonds is 7. The summed E-state index contributed by atoms with van der Waals surface area (Å²) in [6.07, 6.45) is 1.53. The van der Waals surface area contributed by atoms with Gasteiger partial charge >= 0.3 is 0 Å². The van der Waals surface area contributed by atoms with E-state index in [2.05, 4.69) is 5.32 Å². The van der Waals surface area contributed by atoms with Crippen LogP contribution < -0.4 is 5.32 Å². The van der Waals surface area contributed by atoms with Gasteiger partial charge in [-0.1, -0.05) is 55.0 Å². The molecule has 0 aliphatic carbocycles. The van der Waals surface area contributed by atoms with Crippen molar-refractivity contribution in [2.24, 2.45) is 0 Å². The summed E-state index contributed by atoms with van der Waals surface area (Å²) in [7, 11) is -3.72. The smallest absolute Gasteiger partial charge is 0.242 e. The van der Waals surface area contributed by atoms with Gasteiger partial charge in [0.2, 0.25) is 15.9 Å². The van der Waals surface area contributed by atoms with Gasteiger partial charge in [0, 0.05) is 17.6 Å². The van der Waals surface area contributed by atoms with Crippen molar-refractivity contribution in [3.63, 3.8) is 0 Å². The van der Waals surface area contributed by atoms with Crippen molar-refractivity contribution in [2.45, 2.75) is 26.8 Å². The lowest BCUT2D eigenvalue weighted by atomic mass is 10.2.